The number of imidazole rings is 1. The summed E-state index contributed by atoms with van der Waals surface area (Å²) in [6, 6.07) is 10.7. The lowest BCUT2D eigenvalue weighted by atomic mass is 10.0. The standard InChI is InChI=1S/C22H19FN2O3S/c1-2-27-21(26)14-6-8-18-20(11-14)29-22-24-17(12-25(18)22)15-7-5-13(10-16(15)23)19-4-3-9-28-19/h5-8,10-12,19H,2-4,9H2,1H3/t19-/m0/s1. The van der Waals surface area contributed by atoms with Crippen LogP contribution in [0.5, 0.6) is 0 Å². The molecule has 4 aromatic rings. The van der Waals surface area contributed by atoms with Crippen LogP contribution in [0.2, 0.25) is 0 Å². The summed E-state index contributed by atoms with van der Waals surface area (Å²) in [5.74, 6) is -0.632. The number of thiazole rings is 1. The lowest BCUT2D eigenvalue weighted by Crippen LogP contribution is -2.03. The maximum absolute atomic E-state index is 14.8. The van der Waals surface area contributed by atoms with E-state index in [-0.39, 0.29) is 17.9 Å². The Balaban J connectivity index is 1.51. The van der Waals surface area contributed by atoms with Crippen molar-refractivity contribution >= 4 is 32.5 Å². The molecule has 0 aliphatic carbocycles. The van der Waals surface area contributed by atoms with Crippen molar-refractivity contribution in [3.05, 3.63) is 59.5 Å². The van der Waals surface area contributed by atoms with Crippen molar-refractivity contribution in [3.8, 4) is 11.3 Å². The Morgan fingerprint density at radius 3 is 3.00 bits per heavy atom. The molecule has 0 saturated carbocycles. The smallest absolute Gasteiger partial charge is 0.338 e. The van der Waals surface area contributed by atoms with Crippen molar-refractivity contribution in [3.63, 3.8) is 0 Å². The number of ether oxygens (including phenoxy) is 2. The second-order valence-corrected chi connectivity index (χ2v) is 8.03. The van der Waals surface area contributed by atoms with Crippen molar-refractivity contribution < 1.29 is 18.7 Å². The fourth-order valence-electron chi connectivity index (χ4n) is 3.75. The molecule has 0 radical (unpaired) electrons. The molecule has 1 saturated heterocycles. The van der Waals surface area contributed by atoms with Crippen LogP contribution < -0.4 is 0 Å². The number of esters is 1. The Morgan fingerprint density at radius 2 is 2.24 bits per heavy atom. The van der Waals surface area contributed by atoms with Crippen molar-refractivity contribution in [1.82, 2.24) is 9.38 Å². The van der Waals surface area contributed by atoms with Crippen LogP contribution in [0.4, 0.5) is 4.39 Å². The average Bonchev–Trinajstić information content (AvgIpc) is 3.44. The van der Waals surface area contributed by atoms with Gasteiger partial charge in [-0.15, -0.1) is 0 Å². The van der Waals surface area contributed by atoms with E-state index < -0.39 is 0 Å². The molecule has 0 amide bonds. The van der Waals surface area contributed by atoms with Gasteiger partial charge in [0.15, 0.2) is 4.96 Å². The van der Waals surface area contributed by atoms with Gasteiger partial charge < -0.3 is 9.47 Å². The van der Waals surface area contributed by atoms with Gasteiger partial charge in [0, 0.05) is 18.4 Å². The third kappa shape index (κ3) is 3.20. The maximum Gasteiger partial charge on any atom is 0.338 e. The minimum atomic E-state index is -0.338. The summed E-state index contributed by atoms with van der Waals surface area (Å²) >= 11 is 1.46. The number of hydrogen-bond donors (Lipinski definition) is 0. The van der Waals surface area contributed by atoms with Gasteiger partial charge in [-0.05, 0) is 55.7 Å². The third-order valence-electron chi connectivity index (χ3n) is 5.18. The first kappa shape index (κ1) is 18.3. The van der Waals surface area contributed by atoms with Crippen LogP contribution in [-0.4, -0.2) is 28.6 Å². The van der Waals surface area contributed by atoms with E-state index in [1.165, 1.54) is 11.3 Å². The molecule has 2 aromatic carbocycles. The Morgan fingerprint density at radius 1 is 1.34 bits per heavy atom. The SMILES string of the molecule is CCOC(=O)c1ccc2c(c1)sc1nc(-c3ccc([C@@H]4CCCO4)cc3F)cn12. The van der Waals surface area contributed by atoms with Crippen molar-refractivity contribution in [2.45, 2.75) is 25.9 Å². The van der Waals surface area contributed by atoms with Crippen LogP contribution in [0.15, 0.2) is 42.6 Å². The highest BCUT2D eigenvalue weighted by molar-refractivity contribution is 7.23. The van der Waals surface area contributed by atoms with Gasteiger partial charge >= 0.3 is 5.97 Å². The van der Waals surface area contributed by atoms with Gasteiger partial charge in [-0.3, -0.25) is 4.40 Å². The second-order valence-electron chi connectivity index (χ2n) is 7.02. The monoisotopic (exact) mass is 410 g/mol. The minimum Gasteiger partial charge on any atom is -0.462 e. The van der Waals surface area contributed by atoms with Gasteiger partial charge in [-0.25, -0.2) is 14.2 Å². The Hall–Kier alpha value is -2.77. The molecule has 0 bridgehead atoms. The molecule has 2 aromatic heterocycles. The van der Waals surface area contributed by atoms with E-state index in [9.17, 15) is 9.18 Å². The van der Waals surface area contributed by atoms with E-state index >= 15 is 0 Å². The fraction of sp³-hybridized carbons (Fsp3) is 0.273. The number of hydrogen-bond acceptors (Lipinski definition) is 5. The molecule has 5 rings (SSSR count). The molecule has 0 unspecified atom stereocenters. The van der Waals surface area contributed by atoms with Crippen molar-refractivity contribution in [1.29, 1.82) is 0 Å². The Labute approximate surface area is 170 Å². The summed E-state index contributed by atoms with van der Waals surface area (Å²) in [5.41, 5.74) is 3.37. The van der Waals surface area contributed by atoms with Crippen LogP contribution >= 0.6 is 11.3 Å². The topological polar surface area (TPSA) is 52.8 Å². The van der Waals surface area contributed by atoms with E-state index in [0.29, 0.717) is 23.4 Å². The Bertz CT molecular complexity index is 1220. The fourth-order valence-corrected chi connectivity index (χ4v) is 4.80. The van der Waals surface area contributed by atoms with Gasteiger partial charge in [-0.1, -0.05) is 17.4 Å². The van der Waals surface area contributed by atoms with Gasteiger partial charge in [0.1, 0.15) is 5.82 Å². The Kier molecular flexibility index (Phi) is 4.56. The number of fused-ring (bicyclic) bond motifs is 3. The molecular weight excluding hydrogens is 391 g/mol. The molecule has 29 heavy (non-hydrogen) atoms. The number of benzene rings is 2. The summed E-state index contributed by atoms with van der Waals surface area (Å²) in [4.78, 5) is 17.3. The molecule has 5 nitrogen and oxygen atoms in total. The summed E-state index contributed by atoms with van der Waals surface area (Å²) in [6.07, 6.45) is 3.76. The maximum atomic E-state index is 14.8. The van der Waals surface area contributed by atoms with Gasteiger partial charge in [-0.2, -0.15) is 0 Å². The van der Waals surface area contributed by atoms with E-state index in [0.717, 1.165) is 40.2 Å². The normalized spacial score (nSPS) is 16.7. The van der Waals surface area contributed by atoms with E-state index in [4.69, 9.17) is 9.47 Å². The number of halogens is 1. The van der Waals surface area contributed by atoms with E-state index in [1.54, 1.807) is 25.1 Å². The highest BCUT2D eigenvalue weighted by Crippen LogP contribution is 2.34. The van der Waals surface area contributed by atoms with Crippen molar-refractivity contribution in [2.24, 2.45) is 0 Å². The molecule has 0 N–H and O–H groups in total. The van der Waals surface area contributed by atoms with Crippen LogP contribution in [0.3, 0.4) is 0 Å². The average molecular weight is 410 g/mol. The lowest BCUT2D eigenvalue weighted by Gasteiger charge is -2.10. The lowest BCUT2D eigenvalue weighted by molar-refractivity contribution is 0.0526. The van der Waals surface area contributed by atoms with Gasteiger partial charge in [0.25, 0.3) is 0 Å². The zero-order valence-corrected chi connectivity index (χ0v) is 16.7. The zero-order chi connectivity index (χ0) is 20.0. The van der Waals surface area contributed by atoms with Crippen LogP contribution in [0, 0.1) is 5.82 Å². The molecule has 1 aliphatic rings. The molecule has 7 heteroatoms. The predicted molar refractivity (Wildman–Crippen MR) is 110 cm³/mol. The largest absolute Gasteiger partial charge is 0.462 e. The molecular formula is C22H19FN2O3S. The molecule has 148 valence electrons. The first-order chi connectivity index (χ1) is 14.1. The third-order valence-corrected chi connectivity index (χ3v) is 6.19. The first-order valence-corrected chi connectivity index (χ1v) is 10.5. The molecule has 1 atom stereocenters. The first-order valence-electron chi connectivity index (χ1n) is 9.64. The van der Waals surface area contributed by atoms with Crippen LogP contribution in [0.1, 0.15) is 41.8 Å². The second kappa shape index (κ2) is 7.24. The molecule has 1 fully saturated rings. The van der Waals surface area contributed by atoms with Gasteiger partial charge in [0.2, 0.25) is 0 Å². The number of nitrogens with zero attached hydrogens (tertiary/aromatic N) is 2. The predicted octanol–water partition coefficient (Wildman–Crippen LogP) is 5.38. The van der Waals surface area contributed by atoms with E-state index in [2.05, 4.69) is 4.98 Å². The number of rotatable bonds is 4. The summed E-state index contributed by atoms with van der Waals surface area (Å²) in [5, 5.41) is 0. The number of carbonyl (C=O) groups excluding carboxylic acids is 1. The summed E-state index contributed by atoms with van der Waals surface area (Å²) < 4.78 is 28.4. The zero-order valence-electron chi connectivity index (χ0n) is 15.9. The quantitative estimate of drug-likeness (QED) is 0.424. The molecule has 0 spiro atoms. The van der Waals surface area contributed by atoms with Gasteiger partial charge in [0.05, 0.1) is 34.2 Å². The summed E-state index contributed by atoms with van der Waals surface area (Å²) in [6.45, 7) is 2.85. The van der Waals surface area contributed by atoms with Crippen molar-refractivity contribution in [2.75, 3.05) is 13.2 Å². The minimum absolute atomic E-state index is 0.0124. The van der Waals surface area contributed by atoms with Crippen LogP contribution in [-0.2, 0) is 9.47 Å². The van der Waals surface area contributed by atoms with Crippen LogP contribution in [0.25, 0.3) is 26.4 Å². The number of carbonyl (C=O) groups is 1. The highest BCUT2D eigenvalue weighted by Gasteiger charge is 2.20. The molecule has 3 heterocycles. The molecule has 1 aliphatic heterocycles. The summed E-state index contributed by atoms with van der Waals surface area (Å²) in [7, 11) is 0. The van der Waals surface area contributed by atoms with E-state index in [1.807, 2.05) is 28.8 Å². The highest BCUT2D eigenvalue weighted by atomic mass is 32.1. The number of aromatic nitrogens is 2.